The van der Waals surface area contributed by atoms with Gasteiger partial charge in [0.2, 0.25) is 0 Å². The molecule has 28 heavy (non-hydrogen) atoms. The molecule has 2 aromatic carbocycles. The maximum absolute atomic E-state index is 11.4. The fourth-order valence-corrected chi connectivity index (χ4v) is 2.54. The molecule has 2 rings (SSSR count). The van der Waals surface area contributed by atoms with Crippen molar-refractivity contribution < 1.29 is 19.7 Å². The zero-order chi connectivity index (χ0) is 21.0. The van der Waals surface area contributed by atoms with Gasteiger partial charge in [-0.1, -0.05) is 13.3 Å². The van der Waals surface area contributed by atoms with E-state index in [9.17, 15) is 40.5 Å². The third-order valence-electron chi connectivity index (χ3n) is 3.74. The van der Waals surface area contributed by atoms with Crippen LogP contribution in [0.3, 0.4) is 0 Å². The topological polar surface area (TPSA) is 185 Å². The van der Waals surface area contributed by atoms with Gasteiger partial charge in [0.25, 0.3) is 22.7 Å². The van der Waals surface area contributed by atoms with Gasteiger partial charge in [-0.15, -0.1) is 0 Å². The Morgan fingerprint density at radius 1 is 0.786 bits per heavy atom. The summed E-state index contributed by atoms with van der Waals surface area (Å²) in [6.45, 7) is 1.80. The van der Waals surface area contributed by atoms with E-state index in [1.807, 2.05) is 0 Å². The zero-order valence-corrected chi connectivity index (χ0v) is 14.4. The second-order valence-corrected chi connectivity index (χ2v) is 5.61. The molecule has 0 fully saturated rings. The van der Waals surface area contributed by atoms with Crippen LogP contribution in [0.2, 0.25) is 0 Å². The van der Waals surface area contributed by atoms with Gasteiger partial charge in [0.05, 0.1) is 25.8 Å². The summed E-state index contributed by atoms with van der Waals surface area (Å²) >= 11 is 0. The molecule has 13 heteroatoms. The van der Waals surface area contributed by atoms with Crippen LogP contribution in [0.4, 0.5) is 34.1 Å². The Kier molecular flexibility index (Phi) is 5.78. The Hall–Kier alpha value is -4.16. The highest BCUT2D eigenvalue weighted by Crippen LogP contribution is 2.40. The minimum absolute atomic E-state index is 0.356. The molecule has 2 aromatic rings. The van der Waals surface area contributed by atoms with Crippen molar-refractivity contribution in [3.05, 3.63) is 76.4 Å². The SMILES string of the molecule is CCCc1cc([N+](=O)[O-])c(Nc2ccc([N+](=O)[O-])cc2[N+](=O)[O-])c([N+](=O)[O-])c1. The minimum Gasteiger partial charge on any atom is -0.339 e. The fourth-order valence-electron chi connectivity index (χ4n) is 2.54. The molecule has 13 nitrogen and oxygen atoms in total. The first-order valence-electron chi connectivity index (χ1n) is 7.81. The summed E-state index contributed by atoms with van der Waals surface area (Å²) < 4.78 is 0. The van der Waals surface area contributed by atoms with Crippen molar-refractivity contribution in [1.29, 1.82) is 0 Å². The smallest absolute Gasteiger partial charge is 0.300 e. The van der Waals surface area contributed by atoms with Crippen LogP contribution in [0, 0.1) is 40.5 Å². The lowest BCUT2D eigenvalue weighted by molar-refractivity contribution is -0.393. The second-order valence-electron chi connectivity index (χ2n) is 5.61. The Morgan fingerprint density at radius 3 is 1.75 bits per heavy atom. The first-order valence-corrected chi connectivity index (χ1v) is 7.81. The number of benzene rings is 2. The molecule has 0 saturated carbocycles. The van der Waals surface area contributed by atoms with Gasteiger partial charge in [-0.25, -0.2) is 0 Å². The predicted molar refractivity (Wildman–Crippen MR) is 96.8 cm³/mol. The lowest BCUT2D eigenvalue weighted by Gasteiger charge is -2.10. The van der Waals surface area contributed by atoms with E-state index in [4.69, 9.17) is 0 Å². The van der Waals surface area contributed by atoms with Gasteiger partial charge < -0.3 is 5.32 Å². The molecule has 0 aliphatic rings. The highest BCUT2D eigenvalue weighted by atomic mass is 16.6. The number of nitrogens with zero attached hydrogens (tertiary/aromatic N) is 4. The van der Waals surface area contributed by atoms with Gasteiger partial charge in [-0.2, -0.15) is 0 Å². The van der Waals surface area contributed by atoms with Crippen LogP contribution < -0.4 is 5.32 Å². The Morgan fingerprint density at radius 2 is 1.32 bits per heavy atom. The largest absolute Gasteiger partial charge is 0.339 e. The van der Waals surface area contributed by atoms with Crippen LogP contribution in [0.1, 0.15) is 18.9 Å². The van der Waals surface area contributed by atoms with E-state index in [1.54, 1.807) is 6.92 Å². The van der Waals surface area contributed by atoms with Crippen LogP contribution in [0.5, 0.6) is 0 Å². The number of nitro benzene ring substituents is 4. The van der Waals surface area contributed by atoms with Crippen LogP contribution >= 0.6 is 0 Å². The van der Waals surface area contributed by atoms with Crippen molar-refractivity contribution in [3.8, 4) is 0 Å². The Bertz CT molecular complexity index is 955. The lowest BCUT2D eigenvalue weighted by Crippen LogP contribution is -2.05. The monoisotopic (exact) mass is 391 g/mol. The van der Waals surface area contributed by atoms with Crippen molar-refractivity contribution in [1.82, 2.24) is 0 Å². The fraction of sp³-hybridized carbons (Fsp3) is 0.200. The molecule has 0 aliphatic heterocycles. The van der Waals surface area contributed by atoms with Crippen LogP contribution in [-0.4, -0.2) is 19.7 Å². The minimum atomic E-state index is -0.932. The van der Waals surface area contributed by atoms with Crippen LogP contribution in [0.25, 0.3) is 0 Å². The number of rotatable bonds is 8. The average molecular weight is 391 g/mol. The summed E-state index contributed by atoms with van der Waals surface area (Å²) in [5, 5.41) is 47.2. The van der Waals surface area contributed by atoms with E-state index in [1.165, 1.54) is 0 Å². The summed E-state index contributed by atoms with van der Waals surface area (Å²) in [7, 11) is 0. The maximum atomic E-state index is 11.4. The first kappa shape index (κ1) is 20.2. The Balaban J connectivity index is 2.68. The summed E-state index contributed by atoms with van der Waals surface area (Å²) in [4.78, 5) is 41.4. The maximum Gasteiger partial charge on any atom is 0.300 e. The van der Waals surface area contributed by atoms with E-state index < -0.39 is 48.1 Å². The quantitative estimate of drug-likeness (QED) is 0.512. The van der Waals surface area contributed by atoms with Crippen molar-refractivity contribution in [2.75, 3.05) is 5.32 Å². The van der Waals surface area contributed by atoms with Gasteiger partial charge in [-0.3, -0.25) is 40.5 Å². The van der Waals surface area contributed by atoms with E-state index in [-0.39, 0.29) is 5.69 Å². The lowest BCUT2D eigenvalue weighted by atomic mass is 10.1. The summed E-state index contributed by atoms with van der Waals surface area (Å²) in [6, 6.07) is 4.86. The third kappa shape index (κ3) is 4.14. The van der Waals surface area contributed by atoms with Crippen molar-refractivity contribution in [2.24, 2.45) is 0 Å². The van der Waals surface area contributed by atoms with E-state index >= 15 is 0 Å². The first-order chi connectivity index (χ1) is 13.1. The second kappa shape index (κ2) is 8.03. The molecule has 0 aromatic heterocycles. The highest BCUT2D eigenvalue weighted by Gasteiger charge is 2.29. The van der Waals surface area contributed by atoms with Gasteiger partial charge in [-0.05, 0) is 18.1 Å². The van der Waals surface area contributed by atoms with Crippen LogP contribution in [0.15, 0.2) is 30.3 Å². The molecule has 0 saturated heterocycles. The van der Waals surface area contributed by atoms with Gasteiger partial charge in [0, 0.05) is 18.2 Å². The molecule has 0 spiro atoms. The number of non-ortho nitro benzene ring substituents is 1. The molecule has 0 amide bonds. The van der Waals surface area contributed by atoms with E-state index in [0.717, 1.165) is 24.3 Å². The molecule has 0 aliphatic carbocycles. The van der Waals surface area contributed by atoms with Crippen molar-refractivity contribution >= 4 is 34.1 Å². The number of nitrogens with one attached hydrogen (secondary N) is 1. The van der Waals surface area contributed by atoms with Gasteiger partial charge >= 0.3 is 0 Å². The average Bonchev–Trinajstić information content (AvgIpc) is 2.62. The molecule has 1 N–H and O–H groups in total. The number of hydrogen-bond donors (Lipinski definition) is 1. The number of anilines is 2. The molecule has 146 valence electrons. The molecule has 0 unspecified atom stereocenters. The normalized spacial score (nSPS) is 10.3. The van der Waals surface area contributed by atoms with Crippen molar-refractivity contribution in [3.63, 3.8) is 0 Å². The standard InChI is InChI=1S/C15H13N5O8/c1-2-3-9-6-13(19(25)26)15(14(7-9)20(27)28)16-11-5-4-10(17(21)22)8-12(11)18(23)24/h4-8,16H,2-3H2,1H3. The molecule has 0 radical (unpaired) electrons. The molecular formula is C15H13N5O8. The summed E-state index contributed by atoms with van der Waals surface area (Å²) in [5.74, 6) is 0. The van der Waals surface area contributed by atoms with Crippen LogP contribution in [-0.2, 0) is 6.42 Å². The predicted octanol–water partition coefficient (Wildman–Crippen LogP) is 4.02. The summed E-state index contributed by atoms with van der Waals surface area (Å²) in [5.41, 5.74) is -3.13. The van der Waals surface area contributed by atoms with Gasteiger partial charge in [0.1, 0.15) is 5.69 Å². The molecule has 0 atom stereocenters. The van der Waals surface area contributed by atoms with E-state index in [2.05, 4.69) is 5.32 Å². The third-order valence-corrected chi connectivity index (χ3v) is 3.74. The van der Waals surface area contributed by atoms with Crippen molar-refractivity contribution in [2.45, 2.75) is 19.8 Å². The van der Waals surface area contributed by atoms with E-state index in [0.29, 0.717) is 24.5 Å². The number of nitro groups is 4. The molecule has 0 bridgehead atoms. The molecule has 0 heterocycles. The zero-order valence-electron chi connectivity index (χ0n) is 14.4. The van der Waals surface area contributed by atoms with Gasteiger partial charge in [0.15, 0.2) is 5.69 Å². The number of aryl methyl sites for hydroxylation is 1. The summed E-state index contributed by atoms with van der Waals surface area (Å²) in [6.07, 6.45) is 0.953. The number of hydrogen-bond acceptors (Lipinski definition) is 9. The Labute approximate surface area is 156 Å². The molecular weight excluding hydrogens is 378 g/mol. The highest BCUT2D eigenvalue weighted by molar-refractivity contribution is 5.83.